The molecule has 0 aliphatic carbocycles. The Morgan fingerprint density at radius 2 is 0.693 bits per heavy atom. The van der Waals surface area contributed by atoms with E-state index in [0.29, 0.717) is 98.2 Å². The molecule has 13 N–H and O–H groups in total. The second-order valence-electron chi connectivity index (χ2n) is 14.3. The van der Waals surface area contributed by atoms with Gasteiger partial charge in [-0.15, -0.1) is 0 Å². The van der Waals surface area contributed by atoms with Gasteiger partial charge in [-0.05, 0) is 44.4 Å². The van der Waals surface area contributed by atoms with Crippen LogP contribution < -0.4 is 38.5 Å². The highest BCUT2D eigenvalue weighted by Gasteiger charge is 2.39. The number of halogens is 9. The molecule has 0 unspecified atom stereocenters. The molecule has 0 heterocycles. The van der Waals surface area contributed by atoms with Crippen LogP contribution in [0.2, 0.25) is 0 Å². The number of amides is 4. The topological polar surface area (TPSA) is 420 Å². The van der Waals surface area contributed by atoms with Crippen LogP contribution >= 0.6 is 0 Å². The van der Waals surface area contributed by atoms with E-state index in [0.717, 1.165) is 0 Å². The zero-order valence-electron chi connectivity index (χ0n) is 40.8. The van der Waals surface area contributed by atoms with Crippen molar-refractivity contribution >= 4 is 41.5 Å². The van der Waals surface area contributed by atoms with E-state index in [1.54, 1.807) is 0 Å². The van der Waals surface area contributed by atoms with E-state index >= 15 is 0 Å². The van der Waals surface area contributed by atoms with E-state index in [-0.39, 0.29) is 109 Å². The minimum atomic E-state index is -5.08. The van der Waals surface area contributed by atoms with Crippen LogP contribution in [0.25, 0.3) is 10.4 Å². The minimum absolute atomic E-state index is 0.00118. The van der Waals surface area contributed by atoms with E-state index in [4.69, 9.17) is 85.6 Å². The number of rotatable bonds is 40. The second-order valence-corrected chi connectivity index (χ2v) is 14.3. The lowest BCUT2D eigenvalue weighted by atomic mass is 10.0. The Bertz CT molecular complexity index is 1470. The molecule has 0 aromatic rings. The Morgan fingerprint density at radius 1 is 0.440 bits per heavy atom. The van der Waals surface area contributed by atoms with Gasteiger partial charge in [0.05, 0.1) is 92.5 Å². The molecule has 0 rings (SSSR count). The monoisotopic (exact) mass is 1120 g/mol. The van der Waals surface area contributed by atoms with E-state index in [9.17, 15) is 58.7 Å². The number of nitrogens with two attached hydrogens (primary N) is 3. The number of carbonyl (C=O) groups excluding carboxylic acids is 4. The summed E-state index contributed by atoms with van der Waals surface area (Å²) in [6, 6.07) is 0. The van der Waals surface area contributed by atoms with E-state index in [1.165, 1.54) is 0 Å². The predicted molar refractivity (Wildman–Crippen MR) is 240 cm³/mol. The molecule has 0 fully saturated rings. The third-order valence-electron chi connectivity index (χ3n) is 7.79. The zero-order chi connectivity index (χ0) is 58.0. The number of hydrogen-bond acceptors (Lipinski definition) is 18. The normalized spacial score (nSPS) is 11.2. The fourth-order valence-corrected chi connectivity index (χ4v) is 4.22. The third-order valence-corrected chi connectivity index (χ3v) is 7.79. The summed E-state index contributed by atoms with van der Waals surface area (Å²) >= 11 is 0. The summed E-state index contributed by atoms with van der Waals surface area (Å²) in [6.07, 6.45) is -13.0. The maximum atomic E-state index is 13.2. The molecular weight excluding hydrogens is 1050 g/mol. The van der Waals surface area contributed by atoms with Gasteiger partial charge in [-0.1, -0.05) is 5.11 Å². The number of azide groups is 1. The van der Waals surface area contributed by atoms with Crippen LogP contribution in [-0.4, -0.2) is 219 Å². The Morgan fingerprint density at radius 3 is 0.960 bits per heavy atom. The number of nitrogens with one attached hydrogen (secondary N) is 4. The highest BCUT2D eigenvalue weighted by Crippen LogP contribution is 2.15. The number of carboxylic acid groups (broad SMARTS) is 3. The first-order chi connectivity index (χ1) is 35.1. The summed E-state index contributed by atoms with van der Waals surface area (Å²) in [6.45, 7) is 5.40. The van der Waals surface area contributed by atoms with Crippen molar-refractivity contribution in [3.63, 3.8) is 0 Å². The molecule has 0 saturated heterocycles. The molecule has 0 saturated carbocycles. The van der Waals surface area contributed by atoms with Crippen molar-refractivity contribution in [3.8, 4) is 0 Å². The van der Waals surface area contributed by atoms with Crippen molar-refractivity contribution in [2.24, 2.45) is 22.3 Å². The van der Waals surface area contributed by atoms with Gasteiger partial charge in [0, 0.05) is 56.8 Å². The SMILES string of the molecule is O=C(O)C(F)(F)F.O=C(O)C(F)(F)F.O=C(O)C(F)(F)F.[N-]=[N+]=NCCOCCOCCOCCOCCC(=O)NC(COCCC(=O)NCCCN)(COCCC(=O)NCCCN)COCCC(=O)NCCCN. The predicted octanol–water partition coefficient (Wildman–Crippen LogP) is 0.123. The number of hydrogen-bond donors (Lipinski definition) is 10. The first-order valence-corrected chi connectivity index (χ1v) is 22.3. The van der Waals surface area contributed by atoms with E-state index < -0.39 is 42.0 Å². The Kier molecular flexibility index (Phi) is 48.9. The minimum Gasteiger partial charge on any atom is -0.475 e. The van der Waals surface area contributed by atoms with Gasteiger partial charge in [0.1, 0.15) is 5.54 Å². The molecule has 0 aromatic carbocycles. The average Bonchev–Trinajstić information content (AvgIpc) is 3.32. The molecule has 0 aliphatic rings. The number of ether oxygens (including phenoxy) is 7. The first kappa shape index (κ1) is 76.1. The molecule has 440 valence electrons. The quantitative estimate of drug-likeness (QED) is 0.0128. The fourth-order valence-electron chi connectivity index (χ4n) is 4.22. The van der Waals surface area contributed by atoms with Crippen molar-refractivity contribution in [2.45, 2.75) is 69.0 Å². The summed E-state index contributed by atoms with van der Waals surface area (Å²) in [5, 5.41) is 36.0. The molecule has 27 nitrogen and oxygen atoms in total. The summed E-state index contributed by atoms with van der Waals surface area (Å²) in [5.41, 5.74) is 23.5. The van der Waals surface area contributed by atoms with Crippen LogP contribution in [0, 0.1) is 0 Å². The third kappa shape index (κ3) is 56.1. The molecule has 75 heavy (non-hydrogen) atoms. The largest absolute Gasteiger partial charge is 0.490 e. The fraction of sp³-hybridized carbons (Fsp3) is 0.821. The van der Waals surface area contributed by atoms with Gasteiger partial charge < -0.3 is 86.9 Å². The molecule has 0 aliphatic heterocycles. The second kappa shape index (κ2) is 48.2. The molecule has 4 amide bonds. The van der Waals surface area contributed by atoms with Gasteiger partial charge in [-0.2, -0.15) is 39.5 Å². The molecular formula is C39H69F9N10O17. The number of aliphatic carboxylic acids is 3. The summed E-state index contributed by atoms with van der Waals surface area (Å²) in [5.74, 6) is -9.26. The van der Waals surface area contributed by atoms with E-state index in [2.05, 4.69) is 31.3 Å². The van der Waals surface area contributed by atoms with Gasteiger partial charge in [-0.3, -0.25) is 19.2 Å². The maximum absolute atomic E-state index is 13.2. The Hall–Kier alpha value is -5.43. The van der Waals surface area contributed by atoms with Crippen molar-refractivity contribution < 1.29 is 122 Å². The van der Waals surface area contributed by atoms with Gasteiger partial charge >= 0.3 is 36.4 Å². The smallest absolute Gasteiger partial charge is 0.475 e. The maximum Gasteiger partial charge on any atom is 0.490 e. The molecule has 0 aromatic heterocycles. The van der Waals surface area contributed by atoms with Gasteiger partial charge in [0.2, 0.25) is 23.6 Å². The van der Waals surface area contributed by atoms with Crippen molar-refractivity contribution in [3.05, 3.63) is 10.4 Å². The van der Waals surface area contributed by atoms with Crippen molar-refractivity contribution in [1.29, 1.82) is 0 Å². The molecule has 0 atom stereocenters. The van der Waals surface area contributed by atoms with Crippen LogP contribution in [0.1, 0.15) is 44.9 Å². The highest BCUT2D eigenvalue weighted by molar-refractivity contribution is 5.78. The van der Waals surface area contributed by atoms with Crippen LogP contribution in [0.4, 0.5) is 39.5 Å². The summed E-state index contributed by atoms with van der Waals surface area (Å²) in [7, 11) is 0. The van der Waals surface area contributed by atoms with Gasteiger partial charge in [-0.25, -0.2) is 14.4 Å². The lowest BCUT2D eigenvalue weighted by Gasteiger charge is -2.34. The summed E-state index contributed by atoms with van der Waals surface area (Å²) in [4.78, 5) is 79.1. The van der Waals surface area contributed by atoms with Crippen LogP contribution in [0.15, 0.2) is 5.11 Å². The van der Waals surface area contributed by atoms with Crippen molar-refractivity contribution in [1.82, 2.24) is 21.3 Å². The number of carboxylic acids is 3. The average molecular weight is 1120 g/mol. The number of alkyl halides is 9. The molecule has 0 spiro atoms. The summed E-state index contributed by atoms with van der Waals surface area (Å²) < 4.78 is 135. The van der Waals surface area contributed by atoms with Crippen LogP contribution in [-0.2, 0) is 66.7 Å². The van der Waals surface area contributed by atoms with Crippen LogP contribution in [0.5, 0.6) is 0 Å². The van der Waals surface area contributed by atoms with Crippen molar-refractivity contribution in [2.75, 3.05) is 138 Å². The Labute approximate surface area is 424 Å². The highest BCUT2D eigenvalue weighted by atomic mass is 19.4. The van der Waals surface area contributed by atoms with E-state index in [1.807, 2.05) is 0 Å². The first-order valence-electron chi connectivity index (χ1n) is 22.3. The molecule has 0 radical (unpaired) electrons. The molecule has 0 bridgehead atoms. The lowest BCUT2D eigenvalue weighted by molar-refractivity contribution is -0.193. The molecule has 36 heteroatoms. The lowest BCUT2D eigenvalue weighted by Crippen LogP contribution is -2.59. The number of nitrogens with zero attached hydrogens (tertiary/aromatic N) is 3. The van der Waals surface area contributed by atoms with Gasteiger partial charge in [0.25, 0.3) is 0 Å². The Balaban J connectivity index is -0.000000990. The van der Waals surface area contributed by atoms with Gasteiger partial charge in [0.15, 0.2) is 0 Å². The van der Waals surface area contributed by atoms with Crippen LogP contribution in [0.3, 0.4) is 0 Å². The standard InChI is InChI=1S/C33H66N10O11.3C2HF3O2/c34-8-1-11-38-29(44)4-16-52-26-33(27-53-17-5-30(45)39-12-2-9-35,28-54-18-6-31(46)40-13-3-10-36)42-32(47)7-15-48-20-22-50-24-25-51-23-21-49-19-14-41-43-37;3*3-2(4,5)1(6)7/h1-28,34-36H2,(H,38,44)(H,39,45)(H,40,46)(H,42,47);3*(H,6,7). The zero-order valence-corrected chi connectivity index (χ0v) is 40.8. The number of carbonyl (C=O) groups is 7.